The van der Waals surface area contributed by atoms with Crippen LogP contribution in [-0.4, -0.2) is 29.1 Å². The zero-order valence-corrected chi connectivity index (χ0v) is 17.2. The number of hydrazine groups is 1. The highest BCUT2D eigenvalue weighted by Crippen LogP contribution is 2.52. The molecule has 0 aliphatic carbocycles. The lowest BCUT2D eigenvalue weighted by Crippen LogP contribution is -2.52. The van der Waals surface area contributed by atoms with Crippen LogP contribution in [0.3, 0.4) is 0 Å². The fourth-order valence-corrected chi connectivity index (χ4v) is 4.39. The molecule has 0 saturated carbocycles. The van der Waals surface area contributed by atoms with Crippen molar-refractivity contribution in [3.63, 3.8) is 0 Å². The molecule has 0 radical (unpaired) electrons. The van der Waals surface area contributed by atoms with Gasteiger partial charge in [-0.25, -0.2) is 18.8 Å². The van der Waals surface area contributed by atoms with Crippen molar-refractivity contribution in [3.8, 4) is 16.9 Å². The van der Waals surface area contributed by atoms with Gasteiger partial charge in [0.2, 0.25) is 0 Å². The normalized spacial score (nSPS) is 20.8. The van der Waals surface area contributed by atoms with E-state index < -0.39 is 22.8 Å². The first kappa shape index (κ1) is 19.8. The molecule has 2 aromatic carbocycles. The van der Waals surface area contributed by atoms with Gasteiger partial charge in [-0.2, -0.15) is 0 Å². The molecular weight excluding hydrogens is 374 g/mol. The lowest BCUT2D eigenvalue weighted by Gasteiger charge is -2.41. The van der Waals surface area contributed by atoms with Gasteiger partial charge in [0.05, 0.1) is 5.41 Å². The maximum Gasteiger partial charge on any atom is 0.251 e. The van der Waals surface area contributed by atoms with Crippen molar-refractivity contribution in [1.82, 2.24) is 5.01 Å². The van der Waals surface area contributed by atoms with Gasteiger partial charge < -0.3 is 5.11 Å². The Morgan fingerprint density at radius 3 is 2.14 bits per heavy atom. The summed E-state index contributed by atoms with van der Waals surface area (Å²) >= 11 is 0. The smallest absolute Gasteiger partial charge is 0.251 e. The molecule has 0 unspecified atom stereocenters. The summed E-state index contributed by atoms with van der Waals surface area (Å²) in [5, 5.41) is 13.4. The second-order valence-electron chi connectivity index (χ2n) is 9.30. The average molecular weight is 400 g/mol. The number of nitrogens with zero attached hydrogens (tertiary/aromatic N) is 2. The number of carbonyl (C=O) groups is 1. The van der Waals surface area contributed by atoms with Gasteiger partial charge in [-0.1, -0.05) is 44.2 Å². The molecule has 1 saturated heterocycles. The number of amides is 1. The molecule has 4 nitrogen and oxygen atoms in total. The Kier molecular flexibility index (Phi) is 4.46. The van der Waals surface area contributed by atoms with Crippen molar-refractivity contribution in [1.29, 1.82) is 0 Å². The lowest BCUT2D eigenvalue weighted by atomic mass is 9.80. The molecule has 29 heavy (non-hydrogen) atoms. The first-order valence-corrected chi connectivity index (χ1v) is 9.95. The molecule has 4 rings (SSSR count). The van der Waals surface area contributed by atoms with Crippen LogP contribution < -0.4 is 5.01 Å². The highest BCUT2D eigenvalue weighted by molar-refractivity contribution is 6.09. The Balaban J connectivity index is 1.95. The fourth-order valence-electron chi connectivity index (χ4n) is 4.39. The highest BCUT2D eigenvalue weighted by atomic mass is 19.1. The summed E-state index contributed by atoms with van der Waals surface area (Å²) in [6.45, 7) is 8.89. The number of rotatable bonds is 2. The standard InChI is InChI=1S/C23H26F2N2O2/c1-22(2)10-12-26(13-11-22)27-19-16(23(3,4)21(27)29)15(14-8-6-5-7-9-14)17(24)20(28)18(19)25/h5-9,28H,10-13H2,1-4H3. The zero-order valence-electron chi connectivity index (χ0n) is 17.2. The van der Waals surface area contributed by atoms with Gasteiger partial charge in [-0.15, -0.1) is 0 Å². The highest BCUT2D eigenvalue weighted by Gasteiger charge is 2.52. The van der Waals surface area contributed by atoms with Gasteiger partial charge in [-0.05, 0) is 37.7 Å². The van der Waals surface area contributed by atoms with E-state index >= 15 is 8.78 Å². The Hall–Kier alpha value is -2.47. The van der Waals surface area contributed by atoms with Crippen molar-refractivity contribution >= 4 is 11.6 Å². The van der Waals surface area contributed by atoms with Gasteiger partial charge in [0.25, 0.3) is 5.91 Å². The van der Waals surface area contributed by atoms with E-state index in [1.165, 1.54) is 5.01 Å². The Bertz CT molecular complexity index is 976. The molecule has 154 valence electrons. The van der Waals surface area contributed by atoms with E-state index in [0.29, 0.717) is 18.7 Å². The van der Waals surface area contributed by atoms with Crippen LogP contribution >= 0.6 is 0 Å². The number of anilines is 1. The van der Waals surface area contributed by atoms with Crippen LogP contribution in [0.5, 0.6) is 5.75 Å². The van der Waals surface area contributed by atoms with Crippen molar-refractivity contribution in [2.45, 2.75) is 46.0 Å². The number of phenols is 1. The number of benzene rings is 2. The predicted octanol–water partition coefficient (Wildman–Crippen LogP) is 5.00. The first-order valence-electron chi connectivity index (χ1n) is 9.95. The van der Waals surface area contributed by atoms with Gasteiger partial charge in [0.15, 0.2) is 17.4 Å². The lowest BCUT2D eigenvalue weighted by molar-refractivity contribution is -0.125. The number of hydrogen-bond donors (Lipinski definition) is 1. The first-order chi connectivity index (χ1) is 13.6. The number of halogens is 2. The summed E-state index contributed by atoms with van der Waals surface area (Å²) in [6, 6.07) is 8.68. The minimum absolute atomic E-state index is 0.0301. The van der Waals surface area contributed by atoms with Crippen LogP contribution in [0.25, 0.3) is 11.1 Å². The summed E-state index contributed by atoms with van der Waals surface area (Å²) in [7, 11) is 0. The van der Waals surface area contributed by atoms with Crippen LogP contribution in [0.4, 0.5) is 14.5 Å². The molecule has 2 aliphatic rings. The minimum atomic E-state index is -1.14. The second-order valence-corrected chi connectivity index (χ2v) is 9.30. The molecule has 2 heterocycles. The van der Waals surface area contributed by atoms with E-state index in [1.54, 1.807) is 44.2 Å². The number of phenolic OH excluding ortho intramolecular Hbond substituents is 1. The van der Waals surface area contributed by atoms with Crippen molar-refractivity contribution in [2.75, 3.05) is 18.1 Å². The Labute approximate surface area is 169 Å². The van der Waals surface area contributed by atoms with Crippen molar-refractivity contribution in [3.05, 3.63) is 47.5 Å². The molecule has 0 atom stereocenters. The zero-order chi connectivity index (χ0) is 21.1. The molecule has 1 N–H and O–H groups in total. The van der Waals surface area contributed by atoms with Crippen molar-refractivity contribution in [2.24, 2.45) is 5.41 Å². The van der Waals surface area contributed by atoms with E-state index in [2.05, 4.69) is 13.8 Å². The molecular formula is C23H26F2N2O2. The number of hydrogen-bond acceptors (Lipinski definition) is 3. The third kappa shape index (κ3) is 2.92. The summed E-state index contributed by atoms with van der Waals surface area (Å²) in [6.07, 6.45) is 1.71. The second kappa shape index (κ2) is 6.52. The molecule has 6 heteroatoms. The number of piperidine rings is 1. The van der Waals surface area contributed by atoms with Crippen LogP contribution in [0, 0.1) is 17.0 Å². The average Bonchev–Trinajstić information content (AvgIpc) is 2.88. The number of carbonyl (C=O) groups excluding carboxylic acids is 1. The maximum absolute atomic E-state index is 15.2. The summed E-state index contributed by atoms with van der Waals surface area (Å²) in [5.41, 5.74) is -0.153. The monoisotopic (exact) mass is 400 g/mol. The van der Waals surface area contributed by atoms with E-state index in [1.807, 2.05) is 5.01 Å². The van der Waals surface area contributed by atoms with Gasteiger partial charge in [-0.3, -0.25) is 4.79 Å². The summed E-state index contributed by atoms with van der Waals surface area (Å²) in [5.74, 6) is -3.47. The number of fused-ring (bicyclic) bond motifs is 1. The fraction of sp³-hybridized carbons (Fsp3) is 0.435. The van der Waals surface area contributed by atoms with Gasteiger partial charge in [0, 0.05) is 24.2 Å². The molecule has 2 aromatic rings. The topological polar surface area (TPSA) is 43.8 Å². The Morgan fingerprint density at radius 2 is 1.55 bits per heavy atom. The van der Waals surface area contributed by atoms with E-state index in [-0.39, 0.29) is 28.1 Å². The van der Waals surface area contributed by atoms with E-state index in [9.17, 15) is 9.90 Å². The number of aromatic hydroxyl groups is 1. The molecule has 0 spiro atoms. The third-order valence-corrected chi connectivity index (χ3v) is 6.33. The molecule has 0 bridgehead atoms. The van der Waals surface area contributed by atoms with Gasteiger partial charge in [0.1, 0.15) is 5.69 Å². The predicted molar refractivity (Wildman–Crippen MR) is 109 cm³/mol. The van der Waals surface area contributed by atoms with E-state index in [4.69, 9.17) is 0 Å². The van der Waals surface area contributed by atoms with Crippen molar-refractivity contribution < 1.29 is 18.7 Å². The SMILES string of the molecule is CC1(C)CCN(N2C(=O)C(C)(C)c3c(-c4ccccc4)c(F)c(O)c(F)c32)CC1. The quantitative estimate of drug-likeness (QED) is 0.772. The molecule has 1 amide bonds. The molecule has 0 aromatic heterocycles. The molecule has 1 fully saturated rings. The Morgan fingerprint density at radius 1 is 0.966 bits per heavy atom. The van der Waals surface area contributed by atoms with Crippen LogP contribution in [0.15, 0.2) is 30.3 Å². The summed E-state index contributed by atoms with van der Waals surface area (Å²) < 4.78 is 30.3. The largest absolute Gasteiger partial charge is 0.503 e. The molecule has 2 aliphatic heterocycles. The summed E-state index contributed by atoms with van der Waals surface area (Å²) in [4.78, 5) is 13.4. The third-order valence-electron chi connectivity index (χ3n) is 6.33. The minimum Gasteiger partial charge on any atom is -0.503 e. The van der Waals surface area contributed by atoms with Gasteiger partial charge >= 0.3 is 0 Å². The maximum atomic E-state index is 15.2. The van der Waals surface area contributed by atoms with Crippen LogP contribution in [-0.2, 0) is 10.2 Å². The van der Waals surface area contributed by atoms with Crippen LogP contribution in [0.1, 0.15) is 46.1 Å². The van der Waals surface area contributed by atoms with E-state index in [0.717, 1.165) is 12.8 Å². The van der Waals surface area contributed by atoms with Crippen LogP contribution in [0.2, 0.25) is 0 Å².